The highest BCUT2D eigenvalue weighted by atomic mass is 19.4. The van der Waals surface area contributed by atoms with Gasteiger partial charge in [-0.15, -0.1) is 0 Å². The van der Waals surface area contributed by atoms with Gasteiger partial charge in [-0.1, -0.05) is 12.1 Å². The molecule has 1 N–H and O–H groups in total. The second-order valence-electron chi connectivity index (χ2n) is 5.73. The number of piperidine rings is 1. The summed E-state index contributed by atoms with van der Waals surface area (Å²) >= 11 is 0. The molecule has 0 aromatic heterocycles. The van der Waals surface area contributed by atoms with Crippen LogP contribution in [0.25, 0.3) is 0 Å². The number of aryl methyl sites for hydroxylation is 1. The number of aliphatic hydroxyl groups is 1. The minimum Gasteiger partial charge on any atom is -0.396 e. The summed E-state index contributed by atoms with van der Waals surface area (Å²) in [7, 11) is 0. The zero-order chi connectivity index (χ0) is 16.2. The molecule has 1 aliphatic heterocycles. The average Bonchev–Trinajstić information content (AvgIpc) is 2.52. The Hall–Kier alpha value is -1.56. The van der Waals surface area contributed by atoms with Gasteiger partial charge in [-0.25, -0.2) is 0 Å². The van der Waals surface area contributed by atoms with E-state index < -0.39 is 12.6 Å². The number of hydrogen-bond acceptors (Lipinski definition) is 2. The summed E-state index contributed by atoms with van der Waals surface area (Å²) in [6.45, 7) is 1.37. The third kappa shape index (κ3) is 4.73. The first-order valence-corrected chi connectivity index (χ1v) is 7.45. The van der Waals surface area contributed by atoms with E-state index in [2.05, 4.69) is 0 Å². The zero-order valence-corrected chi connectivity index (χ0v) is 12.3. The molecule has 3 nitrogen and oxygen atoms in total. The van der Waals surface area contributed by atoms with Crippen LogP contribution in [0.3, 0.4) is 0 Å². The Morgan fingerprint density at radius 1 is 1.18 bits per heavy atom. The Balaban J connectivity index is 1.91. The van der Waals surface area contributed by atoms with Gasteiger partial charge in [0.2, 0.25) is 0 Å². The van der Waals surface area contributed by atoms with Crippen molar-refractivity contribution in [1.82, 2.24) is 4.90 Å². The van der Waals surface area contributed by atoms with Crippen LogP contribution in [-0.4, -0.2) is 41.8 Å². The third-order valence-corrected chi connectivity index (χ3v) is 4.06. The van der Waals surface area contributed by atoms with Gasteiger partial charge in [-0.05, 0) is 42.9 Å². The van der Waals surface area contributed by atoms with E-state index in [0.29, 0.717) is 24.2 Å². The number of carbonyl (C=O) groups excluding carboxylic acids is 1. The van der Waals surface area contributed by atoms with E-state index in [1.165, 1.54) is 0 Å². The van der Waals surface area contributed by atoms with E-state index in [1.54, 1.807) is 29.2 Å². The van der Waals surface area contributed by atoms with E-state index >= 15 is 0 Å². The third-order valence-electron chi connectivity index (χ3n) is 4.06. The first kappa shape index (κ1) is 16.8. The van der Waals surface area contributed by atoms with Gasteiger partial charge < -0.3 is 10.0 Å². The molecule has 1 amide bonds. The fourth-order valence-corrected chi connectivity index (χ4v) is 2.60. The summed E-state index contributed by atoms with van der Waals surface area (Å²) in [5.41, 5.74) is 1.08. The van der Waals surface area contributed by atoms with Gasteiger partial charge in [0, 0.05) is 31.7 Å². The summed E-state index contributed by atoms with van der Waals surface area (Å²) < 4.78 is 36.5. The average molecular weight is 315 g/mol. The predicted octanol–water partition coefficient (Wildman–Crippen LogP) is 3.03. The lowest BCUT2D eigenvalue weighted by Crippen LogP contribution is -2.39. The molecule has 0 spiro atoms. The Kier molecular flexibility index (Phi) is 5.45. The van der Waals surface area contributed by atoms with Crippen LogP contribution in [-0.2, 0) is 6.42 Å². The predicted molar refractivity (Wildman–Crippen MR) is 76.5 cm³/mol. The maximum absolute atomic E-state index is 12.3. The number of alkyl halides is 3. The maximum atomic E-state index is 12.3. The van der Waals surface area contributed by atoms with Crippen LogP contribution >= 0.6 is 0 Å². The first-order chi connectivity index (χ1) is 10.4. The van der Waals surface area contributed by atoms with Gasteiger partial charge in [-0.2, -0.15) is 13.2 Å². The Bertz CT molecular complexity index is 491. The van der Waals surface area contributed by atoms with Crippen molar-refractivity contribution in [3.05, 3.63) is 35.4 Å². The largest absolute Gasteiger partial charge is 0.396 e. The summed E-state index contributed by atoms with van der Waals surface area (Å²) in [5, 5.41) is 9.09. The van der Waals surface area contributed by atoms with Gasteiger partial charge >= 0.3 is 6.18 Å². The molecule has 1 saturated heterocycles. The summed E-state index contributed by atoms with van der Waals surface area (Å²) in [5.74, 6) is 0.160. The topological polar surface area (TPSA) is 40.5 Å². The van der Waals surface area contributed by atoms with E-state index in [4.69, 9.17) is 5.11 Å². The summed E-state index contributed by atoms with van der Waals surface area (Å²) in [6, 6.07) is 6.34. The fraction of sp³-hybridized carbons (Fsp3) is 0.562. The van der Waals surface area contributed by atoms with Crippen LogP contribution in [0.15, 0.2) is 24.3 Å². The highest BCUT2D eigenvalue weighted by Crippen LogP contribution is 2.23. The number of likely N-dealkylation sites (tertiary alicyclic amines) is 1. The smallest absolute Gasteiger partial charge is 0.389 e. The van der Waals surface area contributed by atoms with Gasteiger partial charge in [0.1, 0.15) is 0 Å². The molecule has 122 valence electrons. The van der Waals surface area contributed by atoms with Gasteiger partial charge in [-0.3, -0.25) is 4.79 Å². The number of hydrogen-bond donors (Lipinski definition) is 1. The van der Waals surface area contributed by atoms with Crippen LogP contribution in [0.4, 0.5) is 13.2 Å². The highest BCUT2D eigenvalue weighted by molar-refractivity contribution is 5.94. The number of nitrogens with zero attached hydrogens (tertiary/aromatic N) is 1. The Labute approximate surface area is 127 Å². The fourth-order valence-electron chi connectivity index (χ4n) is 2.60. The molecule has 1 heterocycles. The molecule has 0 radical (unpaired) electrons. The highest BCUT2D eigenvalue weighted by Gasteiger charge is 2.26. The quantitative estimate of drug-likeness (QED) is 0.928. The van der Waals surface area contributed by atoms with Crippen molar-refractivity contribution in [2.24, 2.45) is 5.92 Å². The van der Waals surface area contributed by atoms with Crippen LogP contribution in [0, 0.1) is 5.92 Å². The molecular formula is C16H20F3NO2. The lowest BCUT2D eigenvalue weighted by Gasteiger charge is -2.31. The molecule has 0 atom stereocenters. The SMILES string of the molecule is O=C(c1ccc(CCC(F)(F)F)cc1)N1CCC(CO)CC1. The van der Waals surface area contributed by atoms with Crippen molar-refractivity contribution in [2.75, 3.05) is 19.7 Å². The second-order valence-corrected chi connectivity index (χ2v) is 5.73. The number of halogens is 3. The second kappa shape index (κ2) is 7.13. The monoisotopic (exact) mass is 315 g/mol. The van der Waals surface area contributed by atoms with Gasteiger partial charge in [0.25, 0.3) is 5.91 Å². The molecule has 2 rings (SSSR count). The molecule has 1 fully saturated rings. The molecule has 0 aliphatic carbocycles. The van der Waals surface area contributed by atoms with Crippen molar-refractivity contribution < 1.29 is 23.1 Å². The van der Waals surface area contributed by atoms with Crippen LogP contribution in [0.5, 0.6) is 0 Å². The molecule has 0 bridgehead atoms. The molecule has 6 heteroatoms. The van der Waals surface area contributed by atoms with Crippen molar-refractivity contribution >= 4 is 5.91 Å². The minimum absolute atomic E-state index is 0.0696. The molecule has 0 unspecified atom stereocenters. The summed E-state index contributed by atoms with van der Waals surface area (Å²) in [4.78, 5) is 14.0. The van der Waals surface area contributed by atoms with E-state index in [0.717, 1.165) is 12.8 Å². The number of amides is 1. The molecule has 1 aromatic carbocycles. The first-order valence-electron chi connectivity index (χ1n) is 7.45. The molecule has 1 aliphatic rings. The van der Waals surface area contributed by atoms with E-state index in [-0.39, 0.29) is 24.9 Å². The number of rotatable bonds is 4. The maximum Gasteiger partial charge on any atom is 0.389 e. The van der Waals surface area contributed by atoms with Gasteiger partial charge in [0.05, 0.1) is 0 Å². The van der Waals surface area contributed by atoms with Crippen molar-refractivity contribution in [3.8, 4) is 0 Å². The minimum atomic E-state index is -4.16. The number of aliphatic hydroxyl groups excluding tert-OH is 1. The van der Waals surface area contributed by atoms with E-state index in [1.807, 2.05) is 0 Å². The van der Waals surface area contributed by atoms with Crippen LogP contribution in [0.2, 0.25) is 0 Å². The van der Waals surface area contributed by atoms with Crippen molar-refractivity contribution in [3.63, 3.8) is 0 Å². The van der Waals surface area contributed by atoms with Crippen LogP contribution in [0.1, 0.15) is 35.2 Å². The Morgan fingerprint density at radius 3 is 2.27 bits per heavy atom. The molecule has 1 aromatic rings. The molecule has 0 saturated carbocycles. The van der Waals surface area contributed by atoms with E-state index in [9.17, 15) is 18.0 Å². The summed E-state index contributed by atoms with van der Waals surface area (Å²) in [6.07, 6.45) is -3.52. The normalized spacial score (nSPS) is 16.8. The zero-order valence-electron chi connectivity index (χ0n) is 12.3. The number of benzene rings is 1. The van der Waals surface area contributed by atoms with Crippen LogP contribution < -0.4 is 0 Å². The molecular weight excluding hydrogens is 295 g/mol. The van der Waals surface area contributed by atoms with Crippen molar-refractivity contribution in [1.29, 1.82) is 0 Å². The lowest BCUT2D eigenvalue weighted by atomic mass is 9.97. The molecule has 22 heavy (non-hydrogen) atoms. The standard InChI is InChI=1S/C16H20F3NO2/c17-16(18,19)8-5-12-1-3-14(4-2-12)15(22)20-9-6-13(11-21)7-10-20/h1-4,13,21H,5-11H2. The Morgan fingerprint density at radius 2 is 1.77 bits per heavy atom. The number of carbonyl (C=O) groups is 1. The van der Waals surface area contributed by atoms with Gasteiger partial charge in [0.15, 0.2) is 0 Å². The van der Waals surface area contributed by atoms with Crippen molar-refractivity contribution in [2.45, 2.75) is 31.9 Å². The lowest BCUT2D eigenvalue weighted by molar-refractivity contribution is -0.134.